The molecule has 1 heterocycles. The van der Waals surface area contributed by atoms with Crippen molar-refractivity contribution in [1.82, 2.24) is 3.89 Å². The molecule has 4 rings (SSSR count). The highest BCUT2D eigenvalue weighted by atomic mass is 32.2. The first kappa shape index (κ1) is 25.7. The summed E-state index contributed by atoms with van der Waals surface area (Å²) in [5.41, 5.74) is 8.40. The van der Waals surface area contributed by atoms with Crippen molar-refractivity contribution < 1.29 is 26.3 Å². The summed E-state index contributed by atoms with van der Waals surface area (Å²) < 4.78 is 70.7. The maximum Gasteiger partial charge on any atom is 0.408 e. The van der Waals surface area contributed by atoms with Gasteiger partial charge in [0.05, 0.1) is 6.54 Å². The zero-order valence-corrected chi connectivity index (χ0v) is 20.2. The molecule has 0 saturated carbocycles. The van der Waals surface area contributed by atoms with Crippen LogP contribution in [0.2, 0.25) is 0 Å². The van der Waals surface area contributed by atoms with E-state index in [9.17, 15) is 21.6 Å². The van der Waals surface area contributed by atoms with Crippen LogP contribution in [-0.4, -0.2) is 33.4 Å². The van der Waals surface area contributed by atoms with Crippen LogP contribution in [0.5, 0.6) is 11.5 Å². The molecular weight excluding hydrogens is 489 g/mol. The van der Waals surface area contributed by atoms with Crippen LogP contribution in [0.15, 0.2) is 103 Å². The Labute approximate surface area is 208 Å². The predicted molar refractivity (Wildman–Crippen MR) is 135 cm³/mol. The molecule has 0 spiro atoms. The molecule has 3 aromatic rings. The molecule has 0 amide bonds. The standard InChI is InChI=1S/C27H26F3N2O3S/c28-27(29,30)20-36(33,34)32(17-5-4-8-24(32)19-31)23-11-15-26(16-12-23)35-25-13-9-22(10-14-25)18-21-6-2-1-3-7-21/h1-16H,17-20,31H2/q+1. The summed E-state index contributed by atoms with van der Waals surface area (Å²) in [5.74, 6) is -0.956. The Balaban J connectivity index is 1.57. The first-order valence-electron chi connectivity index (χ1n) is 11.3. The SMILES string of the molecule is NCC1=CC=CC[N+]1(c1ccc(Oc2ccc(Cc3ccccc3)cc2)cc1)S(=O)(=O)CC(F)(F)F. The maximum absolute atomic E-state index is 13.2. The molecule has 0 radical (unpaired) electrons. The van der Waals surface area contributed by atoms with Crippen LogP contribution < -0.4 is 14.4 Å². The van der Waals surface area contributed by atoms with Gasteiger partial charge in [0, 0.05) is 12.1 Å². The highest BCUT2D eigenvalue weighted by Crippen LogP contribution is 2.39. The van der Waals surface area contributed by atoms with E-state index in [1.807, 2.05) is 42.5 Å². The highest BCUT2D eigenvalue weighted by Gasteiger charge is 2.52. The monoisotopic (exact) mass is 515 g/mol. The number of hydrogen-bond acceptors (Lipinski definition) is 4. The quantitative estimate of drug-likeness (QED) is 0.392. The molecule has 1 atom stereocenters. The second-order valence-corrected chi connectivity index (χ2v) is 10.5. The molecule has 3 aromatic carbocycles. The molecule has 9 heteroatoms. The van der Waals surface area contributed by atoms with Crippen LogP contribution >= 0.6 is 0 Å². The minimum absolute atomic E-state index is 0.157. The predicted octanol–water partition coefficient (Wildman–Crippen LogP) is 5.68. The Kier molecular flexibility index (Phi) is 7.35. The summed E-state index contributed by atoms with van der Waals surface area (Å²) in [6.45, 7) is -0.403. The number of alkyl halides is 3. The lowest BCUT2D eigenvalue weighted by Crippen LogP contribution is -2.58. The minimum Gasteiger partial charge on any atom is -0.457 e. The molecule has 2 N–H and O–H groups in total. The smallest absolute Gasteiger partial charge is 0.408 e. The van der Waals surface area contributed by atoms with Gasteiger partial charge in [-0.1, -0.05) is 48.5 Å². The molecule has 188 valence electrons. The van der Waals surface area contributed by atoms with Gasteiger partial charge >= 0.3 is 16.2 Å². The Morgan fingerprint density at radius 3 is 2.03 bits per heavy atom. The molecule has 0 aliphatic carbocycles. The van der Waals surface area contributed by atoms with Gasteiger partial charge in [0.15, 0.2) is 11.4 Å². The summed E-state index contributed by atoms with van der Waals surface area (Å²) in [6.07, 6.45) is 0.475. The van der Waals surface area contributed by atoms with E-state index in [0.29, 0.717) is 11.5 Å². The van der Waals surface area contributed by atoms with E-state index in [0.717, 1.165) is 12.0 Å². The molecule has 5 nitrogen and oxygen atoms in total. The van der Waals surface area contributed by atoms with E-state index < -0.39 is 25.8 Å². The Morgan fingerprint density at radius 1 is 0.861 bits per heavy atom. The van der Waals surface area contributed by atoms with Crippen LogP contribution in [0.3, 0.4) is 0 Å². The van der Waals surface area contributed by atoms with Crippen molar-refractivity contribution in [3.8, 4) is 11.5 Å². The van der Waals surface area contributed by atoms with Gasteiger partial charge in [-0.25, -0.2) is 0 Å². The number of nitrogens with two attached hydrogens (primary N) is 1. The van der Waals surface area contributed by atoms with Crippen molar-refractivity contribution >= 4 is 15.7 Å². The summed E-state index contributed by atoms with van der Waals surface area (Å²) in [7, 11) is -4.75. The van der Waals surface area contributed by atoms with Gasteiger partial charge in [-0.2, -0.15) is 25.5 Å². The average molecular weight is 516 g/mol. The van der Waals surface area contributed by atoms with Crippen LogP contribution in [0.4, 0.5) is 18.9 Å². The van der Waals surface area contributed by atoms with Gasteiger partial charge in [0.1, 0.15) is 23.7 Å². The molecule has 1 aliphatic heterocycles. The van der Waals surface area contributed by atoms with Crippen molar-refractivity contribution in [3.63, 3.8) is 0 Å². The van der Waals surface area contributed by atoms with Crippen molar-refractivity contribution in [1.29, 1.82) is 0 Å². The molecule has 0 saturated heterocycles. The highest BCUT2D eigenvalue weighted by molar-refractivity contribution is 7.91. The molecule has 1 aliphatic rings. The second kappa shape index (κ2) is 10.3. The fourth-order valence-corrected chi connectivity index (χ4v) is 6.16. The number of halogens is 3. The fourth-order valence-electron chi connectivity index (χ4n) is 4.28. The van der Waals surface area contributed by atoms with E-state index in [-0.39, 0.29) is 24.5 Å². The zero-order chi connectivity index (χ0) is 25.8. The van der Waals surface area contributed by atoms with Crippen molar-refractivity contribution in [2.24, 2.45) is 5.73 Å². The van der Waals surface area contributed by atoms with Crippen LogP contribution in [-0.2, 0) is 16.4 Å². The number of quaternary nitrogens is 1. The van der Waals surface area contributed by atoms with Gasteiger partial charge < -0.3 is 10.5 Å². The molecule has 0 fully saturated rings. The number of benzene rings is 3. The van der Waals surface area contributed by atoms with Gasteiger partial charge in [-0.05, 0) is 54.0 Å². The molecule has 0 bridgehead atoms. The number of rotatable bonds is 8. The summed E-state index contributed by atoms with van der Waals surface area (Å²) in [5, 5.41) is 0. The first-order chi connectivity index (χ1) is 17.1. The van der Waals surface area contributed by atoms with Gasteiger partial charge in [-0.15, -0.1) is 0 Å². The molecular formula is C27H26F3N2O3S+. The summed E-state index contributed by atoms with van der Waals surface area (Å²) in [6, 6.07) is 23.7. The first-order valence-corrected chi connectivity index (χ1v) is 12.9. The fraction of sp³-hybridized carbons (Fsp3) is 0.185. The largest absolute Gasteiger partial charge is 0.457 e. The van der Waals surface area contributed by atoms with Crippen molar-refractivity contribution in [3.05, 3.63) is 114 Å². The Morgan fingerprint density at radius 2 is 1.44 bits per heavy atom. The van der Waals surface area contributed by atoms with Gasteiger partial charge in [0.2, 0.25) is 0 Å². The van der Waals surface area contributed by atoms with E-state index in [1.165, 1.54) is 29.8 Å². The van der Waals surface area contributed by atoms with Gasteiger partial charge in [0.25, 0.3) is 0 Å². The zero-order valence-electron chi connectivity index (χ0n) is 19.4. The molecule has 1 unspecified atom stereocenters. The topological polar surface area (TPSA) is 69.4 Å². The Hall–Kier alpha value is -3.40. The van der Waals surface area contributed by atoms with E-state index in [2.05, 4.69) is 12.1 Å². The molecule has 0 aromatic heterocycles. The number of sulfonamides is 1. The second-order valence-electron chi connectivity index (χ2n) is 8.46. The normalized spacial score (nSPS) is 18.1. The number of allylic oxidation sites excluding steroid dienone is 2. The third-order valence-electron chi connectivity index (χ3n) is 5.95. The van der Waals surface area contributed by atoms with Crippen LogP contribution in [0, 0.1) is 0 Å². The van der Waals surface area contributed by atoms with Crippen LogP contribution in [0.1, 0.15) is 11.1 Å². The van der Waals surface area contributed by atoms with E-state index in [1.54, 1.807) is 18.2 Å². The third kappa shape index (κ3) is 5.53. The molecule has 36 heavy (non-hydrogen) atoms. The maximum atomic E-state index is 13.2. The number of hydrogen-bond donors (Lipinski definition) is 1. The van der Waals surface area contributed by atoms with E-state index in [4.69, 9.17) is 10.5 Å². The average Bonchev–Trinajstić information content (AvgIpc) is 2.85. The van der Waals surface area contributed by atoms with E-state index >= 15 is 0 Å². The summed E-state index contributed by atoms with van der Waals surface area (Å²) in [4.78, 5) is 0. The number of nitrogens with zero attached hydrogens (tertiary/aromatic N) is 1. The minimum atomic E-state index is -4.89. The summed E-state index contributed by atoms with van der Waals surface area (Å²) >= 11 is 0. The van der Waals surface area contributed by atoms with Crippen LogP contribution in [0.25, 0.3) is 0 Å². The lowest BCUT2D eigenvalue weighted by molar-refractivity contribution is -0.106. The third-order valence-corrected chi connectivity index (χ3v) is 8.18. The van der Waals surface area contributed by atoms with Crippen molar-refractivity contribution in [2.75, 3.05) is 18.8 Å². The lowest BCUT2D eigenvalue weighted by Gasteiger charge is -2.38. The van der Waals surface area contributed by atoms with Gasteiger partial charge in [-0.3, -0.25) is 0 Å². The Bertz CT molecular complexity index is 1350. The number of ether oxygens (including phenoxy) is 1. The lowest BCUT2D eigenvalue weighted by atomic mass is 10.1. The van der Waals surface area contributed by atoms with Crippen molar-refractivity contribution in [2.45, 2.75) is 12.6 Å².